The van der Waals surface area contributed by atoms with Gasteiger partial charge in [0.15, 0.2) is 0 Å². The van der Waals surface area contributed by atoms with E-state index in [2.05, 4.69) is 5.32 Å². The zero-order valence-electron chi connectivity index (χ0n) is 13.6. The first kappa shape index (κ1) is 18.5. The lowest BCUT2D eigenvalue weighted by Crippen LogP contribution is -2.31. The lowest BCUT2D eigenvalue weighted by Gasteiger charge is -2.13. The smallest absolute Gasteiger partial charge is 0.119 e. The van der Waals surface area contributed by atoms with Crippen LogP contribution in [0.1, 0.15) is 24.0 Å². The van der Waals surface area contributed by atoms with Crippen molar-refractivity contribution >= 4 is 40.4 Å². The molecule has 2 aromatic carbocycles. The van der Waals surface area contributed by atoms with Crippen molar-refractivity contribution in [1.82, 2.24) is 5.32 Å². The first-order valence-electron chi connectivity index (χ1n) is 8.18. The van der Waals surface area contributed by atoms with Crippen molar-refractivity contribution in [2.45, 2.75) is 25.6 Å². The first-order valence-corrected chi connectivity index (χ1v) is 9.35. The maximum Gasteiger partial charge on any atom is 0.119 e. The number of thiocarbonyl (C=S) groups is 1. The van der Waals surface area contributed by atoms with Crippen molar-refractivity contribution in [3.05, 3.63) is 63.6 Å². The Kier molecular flexibility index (Phi) is 6.54. The maximum atomic E-state index is 6.15. The van der Waals surface area contributed by atoms with E-state index in [-0.39, 0.29) is 6.10 Å². The molecule has 0 aromatic heterocycles. The molecule has 1 atom stereocenters. The van der Waals surface area contributed by atoms with E-state index in [9.17, 15) is 0 Å². The van der Waals surface area contributed by atoms with Crippen LogP contribution >= 0.6 is 35.4 Å². The third-order valence-electron chi connectivity index (χ3n) is 4.04. The van der Waals surface area contributed by atoms with E-state index in [0.29, 0.717) is 16.7 Å². The van der Waals surface area contributed by atoms with Gasteiger partial charge in [0.25, 0.3) is 0 Å². The van der Waals surface area contributed by atoms with E-state index in [1.165, 1.54) is 0 Å². The summed E-state index contributed by atoms with van der Waals surface area (Å²) in [7, 11) is 0. The fourth-order valence-electron chi connectivity index (χ4n) is 2.62. The average molecular weight is 396 g/mol. The standard InChI is InChI=1S/C19H19Cl2NO2S/c20-15-6-3-14(18(21)10-15)12-24-16-7-4-13(5-8-16)19(25)22-11-17-2-1-9-23-17/h3-8,10,17H,1-2,9,11-12H2,(H,22,25)/t17-/m1/s1. The van der Waals surface area contributed by atoms with Gasteiger partial charge in [0, 0.05) is 34.3 Å². The van der Waals surface area contributed by atoms with Gasteiger partial charge in [0.2, 0.25) is 0 Å². The predicted octanol–water partition coefficient (Wildman–Crippen LogP) is 5.02. The highest BCUT2D eigenvalue weighted by atomic mass is 35.5. The van der Waals surface area contributed by atoms with Crippen molar-refractivity contribution in [2.24, 2.45) is 0 Å². The van der Waals surface area contributed by atoms with Gasteiger partial charge in [-0.3, -0.25) is 0 Å². The molecule has 1 heterocycles. The molecule has 1 saturated heterocycles. The Morgan fingerprint density at radius 2 is 2.00 bits per heavy atom. The highest BCUT2D eigenvalue weighted by Crippen LogP contribution is 2.23. The van der Waals surface area contributed by atoms with Crippen molar-refractivity contribution < 1.29 is 9.47 Å². The molecule has 0 unspecified atom stereocenters. The van der Waals surface area contributed by atoms with Crippen molar-refractivity contribution in [1.29, 1.82) is 0 Å². The number of hydrogen-bond acceptors (Lipinski definition) is 3. The summed E-state index contributed by atoms with van der Waals surface area (Å²) >= 11 is 17.5. The van der Waals surface area contributed by atoms with Crippen LogP contribution in [0.5, 0.6) is 5.75 Å². The fraction of sp³-hybridized carbons (Fsp3) is 0.316. The highest BCUT2D eigenvalue weighted by molar-refractivity contribution is 7.80. The number of ether oxygens (including phenoxy) is 2. The lowest BCUT2D eigenvalue weighted by molar-refractivity contribution is 0.114. The topological polar surface area (TPSA) is 30.5 Å². The van der Waals surface area contributed by atoms with Gasteiger partial charge >= 0.3 is 0 Å². The largest absolute Gasteiger partial charge is 0.489 e. The van der Waals surface area contributed by atoms with E-state index in [4.69, 9.17) is 44.9 Å². The summed E-state index contributed by atoms with van der Waals surface area (Å²) in [6.07, 6.45) is 2.49. The first-order chi connectivity index (χ1) is 12.1. The van der Waals surface area contributed by atoms with Gasteiger partial charge in [-0.15, -0.1) is 0 Å². The molecular weight excluding hydrogens is 377 g/mol. The quantitative estimate of drug-likeness (QED) is 0.695. The lowest BCUT2D eigenvalue weighted by atomic mass is 10.2. The molecule has 0 saturated carbocycles. The second-order valence-electron chi connectivity index (χ2n) is 5.89. The van der Waals surface area contributed by atoms with Gasteiger partial charge in [0.05, 0.1) is 6.10 Å². The Labute approximate surface area is 163 Å². The van der Waals surface area contributed by atoms with Crippen LogP contribution in [0.4, 0.5) is 0 Å². The molecule has 0 bridgehead atoms. The van der Waals surface area contributed by atoms with Gasteiger partial charge in [0.1, 0.15) is 17.3 Å². The summed E-state index contributed by atoms with van der Waals surface area (Å²) in [6.45, 7) is 1.99. The molecule has 25 heavy (non-hydrogen) atoms. The van der Waals surface area contributed by atoms with Crippen LogP contribution in [-0.2, 0) is 11.3 Å². The minimum Gasteiger partial charge on any atom is -0.489 e. The molecule has 1 fully saturated rings. The third-order valence-corrected chi connectivity index (χ3v) is 5.01. The van der Waals surface area contributed by atoms with Crippen LogP contribution in [0.2, 0.25) is 10.0 Å². The minimum absolute atomic E-state index is 0.268. The van der Waals surface area contributed by atoms with Crippen LogP contribution in [0.15, 0.2) is 42.5 Å². The SMILES string of the molecule is S=C(NC[C@H]1CCCO1)c1ccc(OCc2ccc(Cl)cc2Cl)cc1. The Morgan fingerprint density at radius 1 is 1.20 bits per heavy atom. The van der Waals surface area contributed by atoms with E-state index in [1.54, 1.807) is 12.1 Å². The molecule has 132 valence electrons. The van der Waals surface area contributed by atoms with Gasteiger partial charge in [-0.1, -0.05) is 41.5 Å². The van der Waals surface area contributed by atoms with Crippen molar-refractivity contribution in [2.75, 3.05) is 13.2 Å². The molecule has 3 rings (SSSR count). The number of hydrogen-bond donors (Lipinski definition) is 1. The fourth-order valence-corrected chi connectivity index (χ4v) is 3.30. The predicted molar refractivity (Wildman–Crippen MR) is 106 cm³/mol. The van der Waals surface area contributed by atoms with Crippen LogP contribution < -0.4 is 10.1 Å². The van der Waals surface area contributed by atoms with E-state index >= 15 is 0 Å². The summed E-state index contributed by atoms with van der Waals surface area (Å²) in [5.41, 5.74) is 1.86. The molecule has 1 N–H and O–H groups in total. The summed E-state index contributed by atoms with van der Waals surface area (Å²) in [5, 5.41) is 4.48. The minimum atomic E-state index is 0.268. The maximum absolute atomic E-state index is 6.15. The number of benzene rings is 2. The monoisotopic (exact) mass is 395 g/mol. The molecule has 0 amide bonds. The molecule has 6 heteroatoms. The number of halogens is 2. The number of nitrogens with one attached hydrogen (secondary N) is 1. The van der Waals surface area contributed by atoms with Crippen molar-refractivity contribution in [3.8, 4) is 5.75 Å². The molecule has 0 radical (unpaired) electrons. The normalized spacial score (nSPS) is 16.6. The van der Waals surface area contributed by atoms with Gasteiger partial charge in [-0.05, 0) is 49.2 Å². The van der Waals surface area contributed by atoms with Crippen LogP contribution in [0.25, 0.3) is 0 Å². The second-order valence-corrected chi connectivity index (χ2v) is 7.15. The highest BCUT2D eigenvalue weighted by Gasteiger charge is 2.15. The second kappa shape index (κ2) is 8.86. The van der Waals surface area contributed by atoms with Crippen LogP contribution in [-0.4, -0.2) is 24.2 Å². The zero-order valence-corrected chi connectivity index (χ0v) is 16.0. The molecule has 0 aliphatic carbocycles. The van der Waals surface area contributed by atoms with E-state index in [1.807, 2.05) is 30.3 Å². The van der Waals surface area contributed by atoms with Crippen LogP contribution in [0.3, 0.4) is 0 Å². The summed E-state index contributed by atoms with van der Waals surface area (Å²) in [4.78, 5) is 0.725. The molecular formula is C19H19Cl2NO2S. The average Bonchev–Trinajstić information content (AvgIpc) is 3.13. The van der Waals surface area contributed by atoms with Gasteiger partial charge < -0.3 is 14.8 Å². The van der Waals surface area contributed by atoms with Crippen LogP contribution in [0, 0.1) is 0 Å². The molecule has 1 aliphatic heterocycles. The van der Waals surface area contributed by atoms with Crippen molar-refractivity contribution in [3.63, 3.8) is 0 Å². The summed E-state index contributed by atoms with van der Waals surface area (Å²) in [6, 6.07) is 13.1. The van der Waals surface area contributed by atoms with Gasteiger partial charge in [-0.25, -0.2) is 0 Å². The molecule has 2 aromatic rings. The molecule has 3 nitrogen and oxygen atoms in total. The Hall–Kier alpha value is -1.33. The van der Waals surface area contributed by atoms with E-state index in [0.717, 1.165) is 47.9 Å². The Morgan fingerprint density at radius 3 is 2.68 bits per heavy atom. The summed E-state index contributed by atoms with van der Waals surface area (Å²) < 4.78 is 11.4. The molecule has 0 spiro atoms. The zero-order chi connectivity index (χ0) is 17.6. The van der Waals surface area contributed by atoms with E-state index < -0.39 is 0 Å². The third kappa shape index (κ3) is 5.32. The number of rotatable bonds is 6. The Bertz CT molecular complexity index is 731. The summed E-state index contributed by atoms with van der Waals surface area (Å²) in [5.74, 6) is 0.761. The Balaban J connectivity index is 1.51. The molecule has 1 aliphatic rings. The van der Waals surface area contributed by atoms with Gasteiger partial charge in [-0.2, -0.15) is 0 Å².